The molecule has 0 saturated heterocycles. The Morgan fingerprint density at radius 1 is 1.14 bits per heavy atom. The summed E-state index contributed by atoms with van der Waals surface area (Å²) in [5, 5.41) is 0.609. The second kappa shape index (κ2) is 6.26. The van der Waals surface area contributed by atoms with E-state index in [1.54, 1.807) is 20.3 Å². The fraction of sp³-hybridized carbons (Fsp3) is 0.647. The van der Waals surface area contributed by atoms with E-state index in [0.29, 0.717) is 16.5 Å². The van der Waals surface area contributed by atoms with Crippen LogP contribution in [-0.4, -0.2) is 14.2 Å². The molecule has 1 aromatic rings. The van der Waals surface area contributed by atoms with Crippen LogP contribution in [0.2, 0.25) is 5.02 Å². The number of benzene rings is 1. The summed E-state index contributed by atoms with van der Waals surface area (Å²) in [7, 11) is 3.25. The first kappa shape index (κ1) is 15.3. The maximum Gasteiger partial charge on any atom is 0.162 e. The molecule has 0 spiro atoms. The Morgan fingerprint density at radius 3 is 2.43 bits per heavy atom. The second-order valence-electron chi connectivity index (χ2n) is 6.37. The molecule has 3 rings (SSSR count). The molecule has 2 nitrogen and oxygen atoms in total. The van der Waals surface area contributed by atoms with Crippen LogP contribution >= 0.6 is 23.2 Å². The molecule has 0 radical (unpaired) electrons. The molecule has 0 N–H and O–H groups in total. The SMILES string of the molecule is COc1cc(Cl)c(C(Cl)CC2CC3CCC2C3)cc1OC. The summed E-state index contributed by atoms with van der Waals surface area (Å²) in [5.41, 5.74) is 0.957. The van der Waals surface area contributed by atoms with Gasteiger partial charge in [0.2, 0.25) is 0 Å². The van der Waals surface area contributed by atoms with Gasteiger partial charge in [-0.15, -0.1) is 11.6 Å². The van der Waals surface area contributed by atoms with E-state index in [9.17, 15) is 0 Å². The number of hydrogen-bond donors (Lipinski definition) is 0. The first-order valence-electron chi connectivity index (χ1n) is 7.67. The zero-order valence-electron chi connectivity index (χ0n) is 12.6. The van der Waals surface area contributed by atoms with Gasteiger partial charge in [-0.1, -0.05) is 18.0 Å². The minimum absolute atomic E-state index is 0.0540. The smallest absolute Gasteiger partial charge is 0.162 e. The zero-order valence-corrected chi connectivity index (χ0v) is 14.1. The molecule has 4 heteroatoms. The summed E-state index contributed by atoms with van der Waals surface area (Å²) in [5.74, 6) is 3.93. The van der Waals surface area contributed by atoms with Crippen molar-refractivity contribution in [1.82, 2.24) is 0 Å². The molecule has 2 bridgehead atoms. The maximum atomic E-state index is 6.67. The molecule has 2 saturated carbocycles. The standard InChI is InChI=1S/C17H22Cl2O2/c1-20-16-8-13(15(19)9-17(16)21-2)14(18)7-12-6-10-3-4-11(12)5-10/h8-12,14H,3-7H2,1-2H3. The van der Waals surface area contributed by atoms with Gasteiger partial charge in [-0.25, -0.2) is 0 Å². The van der Waals surface area contributed by atoms with Gasteiger partial charge < -0.3 is 9.47 Å². The number of rotatable bonds is 5. The van der Waals surface area contributed by atoms with Gasteiger partial charge in [0.1, 0.15) is 0 Å². The fourth-order valence-electron chi connectivity index (χ4n) is 4.17. The average Bonchev–Trinajstić information content (AvgIpc) is 3.09. The van der Waals surface area contributed by atoms with Gasteiger partial charge in [-0.2, -0.15) is 0 Å². The third-order valence-electron chi connectivity index (χ3n) is 5.23. The predicted octanol–water partition coefficient (Wildman–Crippen LogP) is 5.46. The first-order valence-corrected chi connectivity index (χ1v) is 8.49. The molecular formula is C17H22Cl2O2. The quantitative estimate of drug-likeness (QED) is 0.668. The molecule has 4 atom stereocenters. The third-order valence-corrected chi connectivity index (χ3v) is 5.98. The summed E-state index contributed by atoms with van der Waals surface area (Å²) >= 11 is 13.0. The Morgan fingerprint density at radius 2 is 1.86 bits per heavy atom. The highest BCUT2D eigenvalue weighted by Gasteiger charge is 2.40. The summed E-state index contributed by atoms with van der Waals surface area (Å²) in [6.07, 6.45) is 6.58. The van der Waals surface area contributed by atoms with E-state index >= 15 is 0 Å². The third kappa shape index (κ3) is 2.98. The molecule has 0 heterocycles. The highest BCUT2D eigenvalue weighted by Crippen LogP contribution is 2.52. The molecule has 2 aliphatic carbocycles. The molecule has 2 fully saturated rings. The van der Waals surface area contributed by atoms with Crippen LogP contribution in [0.25, 0.3) is 0 Å². The zero-order chi connectivity index (χ0) is 15.0. The van der Waals surface area contributed by atoms with E-state index in [2.05, 4.69) is 0 Å². The summed E-state index contributed by atoms with van der Waals surface area (Å²) in [4.78, 5) is 0. The van der Waals surface area contributed by atoms with E-state index in [-0.39, 0.29) is 5.38 Å². The van der Waals surface area contributed by atoms with E-state index in [1.807, 2.05) is 6.07 Å². The molecular weight excluding hydrogens is 307 g/mol. The summed E-state index contributed by atoms with van der Waals surface area (Å²) < 4.78 is 10.6. The van der Waals surface area contributed by atoms with Gasteiger partial charge in [-0.05, 0) is 55.1 Å². The van der Waals surface area contributed by atoms with Crippen molar-refractivity contribution in [2.45, 2.75) is 37.5 Å². The van der Waals surface area contributed by atoms with E-state index < -0.39 is 0 Å². The van der Waals surface area contributed by atoms with E-state index in [4.69, 9.17) is 32.7 Å². The number of ether oxygens (including phenoxy) is 2. The average molecular weight is 329 g/mol. The Hall–Kier alpha value is -0.600. The lowest BCUT2D eigenvalue weighted by Gasteiger charge is -2.24. The molecule has 4 unspecified atom stereocenters. The molecule has 116 valence electrons. The molecule has 21 heavy (non-hydrogen) atoms. The van der Waals surface area contributed by atoms with Crippen molar-refractivity contribution in [3.05, 3.63) is 22.7 Å². The summed E-state index contributed by atoms with van der Waals surface area (Å²) in [6.45, 7) is 0. The number of fused-ring (bicyclic) bond motifs is 2. The van der Waals surface area contributed by atoms with Gasteiger partial charge in [0.05, 0.1) is 19.6 Å². The van der Waals surface area contributed by atoms with Crippen molar-refractivity contribution in [3.63, 3.8) is 0 Å². The van der Waals surface area contributed by atoms with Crippen molar-refractivity contribution in [3.8, 4) is 11.5 Å². The number of alkyl halides is 1. The van der Waals surface area contributed by atoms with E-state index in [1.165, 1.54) is 25.7 Å². The van der Waals surface area contributed by atoms with Crippen LogP contribution in [0.15, 0.2) is 12.1 Å². The lowest BCUT2D eigenvalue weighted by molar-refractivity contribution is 0.311. The molecule has 2 aliphatic rings. The lowest BCUT2D eigenvalue weighted by Crippen LogP contribution is -2.12. The molecule has 1 aromatic carbocycles. The van der Waals surface area contributed by atoms with Gasteiger partial charge in [0.25, 0.3) is 0 Å². The number of halogens is 2. The number of methoxy groups -OCH3 is 2. The maximum absolute atomic E-state index is 6.67. The lowest BCUT2D eigenvalue weighted by atomic mass is 9.84. The Labute approximate surface area is 136 Å². The highest BCUT2D eigenvalue weighted by molar-refractivity contribution is 6.33. The van der Waals surface area contributed by atoms with Gasteiger partial charge in [0.15, 0.2) is 11.5 Å². The van der Waals surface area contributed by atoms with Crippen molar-refractivity contribution in [2.24, 2.45) is 17.8 Å². The van der Waals surface area contributed by atoms with Crippen molar-refractivity contribution in [1.29, 1.82) is 0 Å². The topological polar surface area (TPSA) is 18.5 Å². The summed E-state index contributed by atoms with van der Waals surface area (Å²) in [6, 6.07) is 3.72. The van der Waals surface area contributed by atoms with Crippen LogP contribution < -0.4 is 9.47 Å². The Balaban J connectivity index is 1.76. The van der Waals surface area contributed by atoms with Crippen molar-refractivity contribution in [2.75, 3.05) is 14.2 Å². The molecule has 0 aliphatic heterocycles. The molecule has 0 aromatic heterocycles. The van der Waals surface area contributed by atoms with Crippen molar-refractivity contribution < 1.29 is 9.47 Å². The molecule has 0 amide bonds. The monoisotopic (exact) mass is 328 g/mol. The van der Waals surface area contributed by atoms with Crippen molar-refractivity contribution >= 4 is 23.2 Å². The fourth-order valence-corrected chi connectivity index (χ4v) is 4.92. The number of hydrogen-bond acceptors (Lipinski definition) is 2. The van der Waals surface area contributed by atoms with Crippen LogP contribution in [-0.2, 0) is 0 Å². The second-order valence-corrected chi connectivity index (χ2v) is 7.30. The van der Waals surface area contributed by atoms with Gasteiger partial charge in [-0.3, -0.25) is 0 Å². The van der Waals surface area contributed by atoms with Gasteiger partial charge >= 0.3 is 0 Å². The van der Waals surface area contributed by atoms with E-state index in [0.717, 1.165) is 29.7 Å². The van der Waals surface area contributed by atoms with Crippen LogP contribution in [0, 0.1) is 17.8 Å². The normalized spacial score (nSPS) is 28.7. The minimum atomic E-state index is -0.0540. The predicted molar refractivity (Wildman–Crippen MR) is 86.7 cm³/mol. The van der Waals surface area contributed by atoms with Crippen LogP contribution in [0.4, 0.5) is 0 Å². The van der Waals surface area contributed by atoms with Crippen LogP contribution in [0.1, 0.15) is 43.0 Å². The van der Waals surface area contributed by atoms with Gasteiger partial charge in [0, 0.05) is 11.1 Å². The first-order chi connectivity index (χ1) is 10.1. The van der Waals surface area contributed by atoms with Crippen LogP contribution in [0.3, 0.4) is 0 Å². The Kier molecular flexibility index (Phi) is 4.56. The Bertz CT molecular complexity index is 518. The largest absolute Gasteiger partial charge is 0.493 e. The van der Waals surface area contributed by atoms with Crippen LogP contribution in [0.5, 0.6) is 11.5 Å². The highest BCUT2D eigenvalue weighted by atomic mass is 35.5. The minimum Gasteiger partial charge on any atom is -0.493 e.